The molecule has 0 amide bonds. The van der Waals surface area contributed by atoms with Gasteiger partial charge in [-0.3, -0.25) is 10.1 Å². The summed E-state index contributed by atoms with van der Waals surface area (Å²) < 4.78 is 0. The third-order valence-electron chi connectivity index (χ3n) is 3.62. The fourth-order valence-electron chi connectivity index (χ4n) is 2.37. The number of aromatic nitrogens is 1. The van der Waals surface area contributed by atoms with Gasteiger partial charge in [-0.05, 0) is 30.3 Å². The lowest BCUT2D eigenvalue weighted by molar-refractivity contribution is -0.384. The molecule has 138 valence electrons. The standard InChI is InChI=1S/C17H6Cl6N2O2/c18-9-5-13(22)11(20)3-7(9)15-1-2-16(25(26)27)17(24-15)8-4-12(21)14(23)6-10(8)19/h1-6H. The van der Waals surface area contributed by atoms with Crippen LogP contribution in [0.25, 0.3) is 22.5 Å². The Labute approximate surface area is 183 Å². The van der Waals surface area contributed by atoms with E-state index < -0.39 is 4.92 Å². The monoisotopic (exact) mass is 480 g/mol. The molecule has 1 aromatic heterocycles. The molecule has 4 nitrogen and oxygen atoms in total. The van der Waals surface area contributed by atoms with E-state index in [1.54, 1.807) is 0 Å². The van der Waals surface area contributed by atoms with Gasteiger partial charge in [0.25, 0.3) is 5.69 Å². The minimum Gasteiger partial charge on any atom is -0.258 e. The fourth-order valence-corrected chi connectivity index (χ4v) is 3.65. The summed E-state index contributed by atoms with van der Waals surface area (Å²) in [6, 6.07) is 8.57. The summed E-state index contributed by atoms with van der Waals surface area (Å²) in [6.07, 6.45) is 0. The summed E-state index contributed by atoms with van der Waals surface area (Å²) in [7, 11) is 0. The molecule has 0 saturated heterocycles. The van der Waals surface area contributed by atoms with E-state index in [-0.39, 0.29) is 47.1 Å². The molecule has 0 saturated carbocycles. The van der Waals surface area contributed by atoms with E-state index >= 15 is 0 Å². The highest BCUT2D eigenvalue weighted by Gasteiger charge is 2.22. The van der Waals surface area contributed by atoms with Gasteiger partial charge in [-0.1, -0.05) is 69.6 Å². The summed E-state index contributed by atoms with van der Waals surface area (Å²) in [4.78, 5) is 15.3. The molecule has 0 fully saturated rings. The highest BCUT2D eigenvalue weighted by molar-refractivity contribution is 6.44. The van der Waals surface area contributed by atoms with Crippen LogP contribution in [0.15, 0.2) is 36.4 Å². The van der Waals surface area contributed by atoms with Crippen molar-refractivity contribution in [3.05, 3.63) is 76.6 Å². The second-order valence-electron chi connectivity index (χ2n) is 5.31. The van der Waals surface area contributed by atoms with Crippen molar-refractivity contribution in [3.8, 4) is 22.5 Å². The van der Waals surface area contributed by atoms with Crippen LogP contribution in [0.2, 0.25) is 30.1 Å². The fraction of sp³-hybridized carbons (Fsp3) is 0. The van der Waals surface area contributed by atoms with Gasteiger partial charge < -0.3 is 0 Å². The van der Waals surface area contributed by atoms with Crippen LogP contribution in [0.3, 0.4) is 0 Å². The maximum absolute atomic E-state index is 11.5. The number of benzene rings is 2. The maximum atomic E-state index is 11.5. The Hall–Kier alpha value is -1.27. The summed E-state index contributed by atoms with van der Waals surface area (Å²) in [5, 5.41) is 12.9. The Balaban J connectivity index is 2.28. The molecule has 0 bridgehead atoms. The molecule has 3 aromatic rings. The van der Waals surface area contributed by atoms with Gasteiger partial charge in [0.2, 0.25) is 0 Å². The normalized spacial score (nSPS) is 10.9. The average Bonchev–Trinajstić information content (AvgIpc) is 2.60. The quantitative estimate of drug-likeness (QED) is 0.214. The molecule has 0 aliphatic heterocycles. The van der Waals surface area contributed by atoms with Crippen molar-refractivity contribution >= 4 is 75.3 Å². The first-order valence-corrected chi connectivity index (χ1v) is 9.41. The summed E-state index contributed by atoms with van der Waals surface area (Å²) in [5.74, 6) is 0. The van der Waals surface area contributed by atoms with Crippen LogP contribution in [0, 0.1) is 10.1 Å². The Morgan fingerprint density at radius 2 is 1.19 bits per heavy atom. The van der Waals surface area contributed by atoms with Crippen LogP contribution < -0.4 is 0 Å². The van der Waals surface area contributed by atoms with Gasteiger partial charge in [0, 0.05) is 17.2 Å². The predicted octanol–water partition coefficient (Wildman–Crippen LogP) is 8.24. The Morgan fingerprint density at radius 1 is 0.704 bits per heavy atom. The minimum absolute atomic E-state index is 0.0169. The van der Waals surface area contributed by atoms with Crippen LogP contribution in [0.4, 0.5) is 5.69 Å². The summed E-state index contributed by atoms with van der Waals surface area (Å²) in [5.41, 5.74) is 0.828. The second-order valence-corrected chi connectivity index (χ2v) is 7.76. The molecular weight excluding hydrogens is 477 g/mol. The molecule has 0 aliphatic rings. The van der Waals surface area contributed by atoms with Gasteiger partial charge in [-0.25, -0.2) is 4.98 Å². The molecule has 0 unspecified atom stereocenters. The molecule has 0 atom stereocenters. The first-order chi connectivity index (χ1) is 12.7. The zero-order chi connectivity index (χ0) is 19.9. The lowest BCUT2D eigenvalue weighted by atomic mass is 10.1. The van der Waals surface area contributed by atoms with Gasteiger partial charge >= 0.3 is 0 Å². The van der Waals surface area contributed by atoms with Gasteiger partial charge in [-0.2, -0.15) is 0 Å². The van der Waals surface area contributed by atoms with E-state index in [1.165, 1.54) is 36.4 Å². The molecule has 0 aliphatic carbocycles. The molecule has 10 heteroatoms. The number of nitrogens with zero attached hydrogens (tertiary/aromatic N) is 2. The molecule has 0 radical (unpaired) electrons. The van der Waals surface area contributed by atoms with Crippen LogP contribution in [0.5, 0.6) is 0 Å². The Morgan fingerprint density at radius 3 is 1.74 bits per heavy atom. The van der Waals surface area contributed by atoms with E-state index in [2.05, 4.69) is 4.98 Å². The molecule has 27 heavy (non-hydrogen) atoms. The maximum Gasteiger partial charge on any atom is 0.295 e. The zero-order valence-corrected chi connectivity index (χ0v) is 17.5. The van der Waals surface area contributed by atoms with Crippen molar-refractivity contribution in [3.63, 3.8) is 0 Å². The Kier molecular flexibility index (Phi) is 6.06. The van der Waals surface area contributed by atoms with Crippen molar-refractivity contribution < 1.29 is 4.92 Å². The van der Waals surface area contributed by atoms with Crippen molar-refractivity contribution in [2.45, 2.75) is 0 Å². The highest BCUT2D eigenvalue weighted by atomic mass is 35.5. The highest BCUT2D eigenvalue weighted by Crippen LogP contribution is 2.41. The number of nitro groups is 1. The topological polar surface area (TPSA) is 56.0 Å². The third kappa shape index (κ3) is 4.11. The van der Waals surface area contributed by atoms with Crippen molar-refractivity contribution in [1.29, 1.82) is 0 Å². The number of rotatable bonds is 3. The minimum atomic E-state index is -0.568. The van der Waals surface area contributed by atoms with Gasteiger partial charge in [0.15, 0.2) is 0 Å². The summed E-state index contributed by atoms with van der Waals surface area (Å²) >= 11 is 36.4. The van der Waals surface area contributed by atoms with E-state index in [0.29, 0.717) is 11.3 Å². The van der Waals surface area contributed by atoms with E-state index in [9.17, 15) is 10.1 Å². The zero-order valence-electron chi connectivity index (χ0n) is 12.9. The average molecular weight is 483 g/mol. The van der Waals surface area contributed by atoms with Crippen molar-refractivity contribution in [2.75, 3.05) is 0 Å². The van der Waals surface area contributed by atoms with E-state index in [1.807, 2.05) is 0 Å². The number of pyridine rings is 1. The molecule has 0 spiro atoms. The third-order valence-corrected chi connectivity index (χ3v) is 5.69. The predicted molar refractivity (Wildman–Crippen MR) is 112 cm³/mol. The van der Waals surface area contributed by atoms with Gasteiger partial charge in [0.1, 0.15) is 5.69 Å². The van der Waals surface area contributed by atoms with Gasteiger partial charge in [0.05, 0.1) is 40.8 Å². The molecule has 1 heterocycles. The van der Waals surface area contributed by atoms with E-state index in [0.717, 1.165) is 0 Å². The van der Waals surface area contributed by atoms with Crippen molar-refractivity contribution in [1.82, 2.24) is 4.98 Å². The van der Waals surface area contributed by atoms with Crippen molar-refractivity contribution in [2.24, 2.45) is 0 Å². The molecule has 2 aromatic carbocycles. The van der Waals surface area contributed by atoms with Crippen LogP contribution in [-0.2, 0) is 0 Å². The van der Waals surface area contributed by atoms with Crippen LogP contribution >= 0.6 is 69.6 Å². The summed E-state index contributed by atoms with van der Waals surface area (Å²) in [6.45, 7) is 0. The second kappa shape index (κ2) is 8.00. The number of halogens is 6. The smallest absolute Gasteiger partial charge is 0.258 e. The first-order valence-electron chi connectivity index (χ1n) is 7.14. The van der Waals surface area contributed by atoms with E-state index in [4.69, 9.17) is 69.6 Å². The van der Waals surface area contributed by atoms with Crippen LogP contribution in [-0.4, -0.2) is 9.91 Å². The first kappa shape index (κ1) is 20.5. The van der Waals surface area contributed by atoms with Gasteiger partial charge in [-0.15, -0.1) is 0 Å². The molecule has 3 rings (SSSR count). The van der Waals surface area contributed by atoms with Crippen LogP contribution in [0.1, 0.15) is 0 Å². The molecular formula is C17H6Cl6N2O2. The lowest BCUT2D eigenvalue weighted by Gasteiger charge is -2.10. The number of hydrogen-bond acceptors (Lipinski definition) is 3. The Bertz CT molecular complexity index is 1090. The SMILES string of the molecule is O=[N+]([O-])c1ccc(-c2cc(Cl)c(Cl)cc2Cl)nc1-c1cc(Cl)c(Cl)cc1Cl. The number of hydrogen-bond donors (Lipinski definition) is 0. The largest absolute Gasteiger partial charge is 0.295 e. The lowest BCUT2D eigenvalue weighted by Crippen LogP contribution is -1.97. The molecule has 0 N–H and O–H groups in total.